The van der Waals surface area contributed by atoms with Crippen LogP contribution in [0.15, 0.2) is 30.3 Å². The summed E-state index contributed by atoms with van der Waals surface area (Å²) in [5, 5.41) is 10.0. The Labute approximate surface area is 85.8 Å². The molecule has 1 aliphatic rings. The van der Waals surface area contributed by atoms with Gasteiger partial charge in [-0.3, -0.25) is 0 Å². The van der Waals surface area contributed by atoms with Gasteiger partial charge in [0.25, 0.3) is 0 Å². The van der Waals surface area contributed by atoms with Crippen LogP contribution in [-0.2, 0) is 0 Å². The maximum Gasteiger partial charge on any atom is 0.0625 e. The quantitative estimate of drug-likeness (QED) is 0.721. The first-order valence-corrected chi connectivity index (χ1v) is 5.45. The van der Waals surface area contributed by atoms with Crippen molar-refractivity contribution in [2.24, 2.45) is 0 Å². The lowest BCUT2D eigenvalue weighted by atomic mass is 9.76. The van der Waals surface area contributed by atoms with Crippen LogP contribution in [-0.4, -0.2) is 10.7 Å². The van der Waals surface area contributed by atoms with Crippen LogP contribution in [0.4, 0.5) is 0 Å². The standard InChI is InChI=1S/C13H18O/c1-13(14)9-5-8-12(10-13)11-6-3-2-4-7-11/h2-4,6-7,12,14H,5,8-10H2,1H3. The SMILES string of the molecule is CC1(O)CCCC(c2ccccc2)C1. The largest absolute Gasteiger partial charge is 0.390 e. The van der Waals surface area contributed by atoms with Crippen molar-refractivity contribution in [1.82, 2.24) is 0 Å². The van der Waals surface area contributed by atoms with Crippen LogP contribution in [0.2, 0.25) is 0 Å². The summed E-state index contributed by atoms with van der Waals surface area (Å²) in [6.45, 7) is 1.96. The Hall–Kier alpha value is -0.820. The molecule has 2 rings (SSSR count). The van der Waals surface area contributed by atoms with Crippen molar-refractivity contribution >= 4 is 0 Å². The summed E-state index contributed by atoms with van der Waals surface area (Å²) in [5.41, 5.74) is 0.936. The first kappa shape index (κ1) is 9.72. The molecule has 1 heteroatoms. The topological polar surface area (TPSA) is 20.2 Å². The lowest BCUT2D eigenvalue weighted by molar-refractivity contribution is 0.0145. The van der Waals surface area contributed by atoms with E-state index in [1.165, 1.54) is 12.0 Å². The molecular weight excluding hydrogens is 172 g/mol. The number of aliphatic hydroxyl groups is 1. The molecule has 0 heterocycles. The first-order chi connectivity index (χ1) is 6.67. The molecule has 2 atom stereocenters. The van der Waals surface area contributed by atoms with Crippen LogP contribution in [0, 0.1) is 0 Å². The Bertz CT molecular complexity index is 289. The molecule has 76 valence electrons. The van der Waals surface area contributed by atoms with Gasteiger partial charge in [-0.05, 0) is 44.1 Å². The average Bonchev–Trinajstić information content (AvgIpc) is 2.18. The van der Waals surface area contributed by atoms with E-state index in [1.54, 1.807) is 0 Å². The van der Waals surface area contributed by atoms with E-state index in [1.807, 2.05) is 13.0 Å². The third-order valence-electron chi connectivity index (χ3n) is 3.23. The van der Waals surface area contributed by atoms with Gasteiger partial charge in [-0.25, -0.2) is 0 Å². The molecular formula is C13H18O. The van der Waals surface area contributed by atoms with Gasteiger partial charge in [0.05, 0.1) is 5.60 Å². The van der Waals surface area contributed by atoms with Crippen LogP contribution >= 0.6 is 0 Å². The monoisotopic (exact) mass is 190 g/mol. The molecule has 1 nitrogen and oxygen atoms in total. The normalized spacial score (nSPS) is 32.9. The van der Waals surface area contributed by atoms with Crippen molar-refractivity contribution in [3.05, 3.63) is 35.9 Å². The van der Waals surface area contributed by atoms with Crippen molar-refractivity contribution in [3.8, 4) is 0 Å². The van der Waals surface area contributed by atoms with E-state index in [0.29, 0.717) is 5.92 Å². The van der Waals surface area contributed by atoms with Crippen LogP contribution < -0.4 is 0 Å². The zero-order valence-corrected chi connectivity index (χ0v) is 8.74. The maximum absolute atomic E-state index is 10.0. The molecule has 0 aliphatic heterocycles. The number of hydrogen-bond acceptors (Lipinski definition) is 1. The van der Waals surface area contributed by atoms with Gasteiger partial charge in [0.1, 0.15) is 0 Å². The number of hydrogen-bond donors (Lipinski definition) is 1. The second kappa shape index (κ2) is 3.74. The Morgan fingerprint density at radius 3 is 2.64 bits per heavy atom. The highest BCUT2D eigenvalue weighted by molar-refractivity contribution is 5.20. The van der Waals surface area contributed by atoms with E-state index < -0.39 is 5.60 Å². The van der Waals surface area contributed by atoms with Crippen molar-refractivity contribution in [2.45, 2.75) is 44.1 Å². The van der Waals surface area contributed by atoms with E-state index >= 15 is 0 Å². The second-order valence-corrected chi connectivity index (χ2v) is 4.70. The molecule has 0 saturated heterocycles. The predicted octanol–water partition coefficient (Wildman–Crippen LogP) is 3.10. The van der Waals surface area contributed by atoms with Gasteiger partial charge in [-0.2, -0.15) is 0 Å². The minimum Gasteiger partial charge on any atom is -0.390 e. The Morgan fingerprint density at radius 2 is 2.00 bits per heavy atom. The fourth-order valence-corrected chi connectivity index (χ4v) is 2.47. The molecule has 14 heavy (non-hydrogen) atoms. The van der Waals surface area contributed by atoms with Crippen LogP contribution in [0.3, 0.4) is 0 Å². The zero-order chi connectivity index (χ0) is 10.0. The van der Waals surface area contributed by atoms with Crippen molar-refractivity contribution in [3.63, 3.8) is 0 Å². The lowest BCUT2D eigenvalue weighted by Gasteiger charge is -2.34. The Balaban J connectivity index is 2.12. The summed E-state index contributed by atoms with van der Waals surface area (Å²) < 4.78 is 0. The molecule has 1 aromatic rings. The molecule has 2 unspecified atom stereocenters. The van der Waals surface area contributed by atoms with Crippen LogP contribution in [0.5, 0.6) is 0 Å². The highest BCUT2D eigenvalue weighted by Gasteiger charge is 2.30. The summed E-state index contributed by atoms with van der Waals surface area (Å²) in [4.78, 5) is 0. The van der Waals surface area contributed by atoms with Gasteiger partial charge >= 0.3 is 0 Å². The molecule has 1 saturated carbocycles. The lowest BCUT2D eigenvalue weighted by Crippen LogP contribution is -2.30. The summed E-state index contributed by atoms with van der Waals surface area (Å²) in [6.07, 6.45) is 4.24. The molecule has 1 aromatic carbocycles. The summed E-state index contributed by atoms with van der Waals surface area (Å²) in [5.74, 6) is 0.556. The second-order valence-electron chi connectivity index (χ2n) is 4.70. The molecule has 1 aliphatic carbocycles. The fraction of sp³-hybridized carbons (Fsp3) is 0.538. The van der Waals surface area contributed by atoms with Gasteiger partial charge in [-0.15, -0.1) is 0 Å². The Kier molecular flexibility index (Phi) is 2.60. The number of benzene rings is 1. The van der Waals surface area contributed by atoms with E-state index in [-0.39, 0.29) is 0 Å². The van der Waals surface area contributed by atoms with Crippen molar-refractivity contribution in [1.29, 1.82) is 0 Å². The summed E-state index contributed by atoms with van der Waals surface area (Å²) in [7, 11) is 0. The molecule has 0 amide bonds. The van der Waals surface area contributed by atoms with E-state index in [0.717, 1.165) is 19.3 Å². The number of rotatable bonds is 1. The Morgan fingerprint density at radius 1 is 1.29 bits per heavy atom. The molecule has 0 aromatic heterocycles. The van der Waals surface area contributed by atoms with Crippen molar-refractivity contribution in [2.75, 3.05) is 0 Å². The van der Waals surface area contributed by atoms with Crippen molar-refractivity contribution < 1.29 is 5.11 Å². The third-order valence-corrected chi connectivity index (χ3v) is 3.23. The van der Waals surface area contributed by atoms with Crippen LogP contribution in [0.25, 0.3) is 0 Å². The molecule has 1 N–H and O–H groups in total. The predicted molar refractivity (Wildman–Crippen MR) is 58.3 cm³/mol. The van der Waals surface area contributed by atoms with E-state index in [9.17, 15) is 5.11 Å². The van der Waals surface area contributed by atoms with Gasteiger partial charge in [0.2, 0.25) is 0 Å². The molecule has 1 fully saturated rings. The zero-order valence-electron chi connectivity index (χ0n) is 8.74. The highest BCUT2D eigenvalue weighted by Crippen LogP contribution is 2.37. The fourth-order valence-electron chi connectivity index (χ4n) is 2.47. The van der Waals surface area contributed by atoms with Gasteiger partial charge in [0.15, 0.2) is 0 Å². The van der Waals surface area contributed by atoms with Gasteiger partial charge < -0.3 is 5.11 Å². The smallest absolute Gasteiger partial charge is 0.0625 e. The minimum absolute atomic E-state index is 0.446. The molecule has 0 bridgehead atoms. The summed E-state index contributed by atoms with van der Waals surface area (Å²) >= 11 is 0. The van der Waals surface area contributed by atoms with E-state index in [4.69, 9.17) is 0 Å². The van der Waals surface area contributed by atoms with Crippen LogP contribution in [0.1, 0.15) is 44.1 Å². The summed E-state index contributed by atoms with van der Waals surface area (Å²) in [6, 6.07) is 10.6. The van der Waals surface area contributed by atoms with Gasteiger partial charge in [0, 0.05) is 0 Å². The minimum atomic E-state index is -0.446. The van der Waals surface area contributed by atoms with Gasteiger partial charge in [-0.1, -0.05) is 30.3 Å². The molecule has 0 radical (unpaired) electrons. The molecule has 0 spiro atoms. The third kappa shape index (κ3) is 2.16. The van der Waals surface area contributed by atoms with E-state index in [2.05, 4.69) is 24.3 Å². The average molecular weight is 190 g/mol. The highest BCUT2D eigenvalue weighted by atomic mass is 16.3. The maximum atomic E-state index is 10.0. The first-order valence-electron chi connectivity index (χ1n) is 5.45.